The second kappa shape index (κ2) is 5.00. The number of hydrogen-bond acceptors (Lipinski definition) is 3. The average molecular weight is 295 g/mol. The second-order valence-electron chi connectivity index (χ2n) is 6.14. The van der Waals surface area contributed by atoms with E-state index in [-0.39, 0.29) is 5.69 Å². The quantitative estimate of drug-likeness (QED) is 0.850. The van der Waals surface area contributed by atoms with E-state index in [1.807, 2.05) is 27.7 Å². The SMILES string of the molecule is CN(C(=O)O)c1ccc(B2OC(C)(C)C(C)(C)O2)cc1F. The van der Waals surface area contributed by atoms with E-state index >= 15 is 0 Å². The fraction of sp³-hybridized carbons (Fsp3) is 0.500. The highest BCUT2D eigenvalue weighted by Gasteiger charge is 2.51. The van der Waals surface area contributed by atoms with Crippen LogP contribution >= 0.6 is 0 Å². The predicted molar refractivity (Wildman–Crippen MR) is 78.5 cm³/mol. The molecule has 0 aliphatic carbocycles. The molecule has 114 valence electrons. The summed E-state index contributed by atoms with van der Waals surface area (Å²) in [7, 11) is 0.614. The van der Waals surface area contributed by atoms with Crippen LogP contribution in [0.4, 0.5) is 14.9 Å². The third kappa shape index (κ3) is 2.75. The summed E-state index contributed by atoms with van der Waals surface area (Å²) in [6.07, 6.45) is -1.22. The third-order valence-electron chi connectivity index (χ3n) is 4.15. The Labute approximate surface area is 123 Å². The molecule has 21 heavy (non-hydrogen) atoms. The zero-order chi connectivity index (χ0) is 16.0. The molecule has 7 heteroatoms. The smallest absolute Gasteiger partial charge is 0.465 e. The van der Waals surface area contributed by atoms with Gasteiger partial charge in [-0.3, -0.25) is 4.90 Å². The van der Waals surface area contributed by atoms with Crippen LogP contribution in [0.25, 0.3) is 0 Å². The summed E-state index contributed by atoms with van der Waals surface area (Å²) < 4.78 is 25.8. The van der Waals surface area contributed by atoms with Gasteiger partial charge in [0.15, 0.2) is 0 Å². The zero-order valence-electron chi connectivity index (χ0n) is 12.8. The summed E-state index contributed by atoms with van der Waals surface area (Å²) in [4.78, 5) is 11.7. The van der Waals surface area contributed by atoms with E-state index in [0.717, 1.165) is 4.90 Å². The van der Waals surface area contributed by atoms with E-state index in [2.05, 4.69) is 0 Å². The first kappa shape index (κ1) is 15.8. The van der Waals surface area contributed by atoms with Crippen molar-refractivity contribution in [1.29, 1.82) is 0 Å². The molecular weight excluding hydrogens is 276 g/mol. The number of hydrogen-bond donors (Lipinski definition) is 1. The van der Waals surface area contributed by atoms with Crippen molar-refractivity contribution in [2.45, 2.75) is 38.9 Å². The maximum atomic E-state index is 14.1. The van der Waals surface area contributed by atoms with Crippen molar-refractivity contribution >= 4 is 24.4 Å². The Balaban J connectivity index is 2.28. The van der Waals surface area contributed by atoms with Crippen LogP contribution in [-0.2, 0) is 9.31 Å². The number of nitrogens with zero attached hydrogens (tertiary/aromatic N) is 1. The fourth-order valence-corrected chi connectivity index (χ4v) is 2.02. The van der Waals surface area contributed by atoms with E-state index < -0.39 is 30.2 Å². The van der Waals surface area contributed by atoms with Crippen LogP contribution in [-0.4, -0.2) is 36.6 Å². The number of rotatable bonds is 2. The minimum atomic E-state index is -1.22. The van der Waals surface area contributed by atoms with Gasteiger partial charge in [0.1, 0.15) is 5.82 Å². The summed E-state index contributed by atoms with van der Waals surface area (Å²) in [5.41, 5.74) is -0.508. The zero-order valence-corrected chi connectivity index (χ0v) is 12.8. The largest absolute Gasteiger partial charge is 0.494 e. The minimum absolute atomic E-state index is 0.0113. The summed E-state index contributed by atoms with van der Waals surface area (Å²) in [5, 5.41) is 8.89. The van der Waals surface area contributed by atoms with Crippen LogP contribution in [0.15, 0.2) is 18.2 Å². The van der Waals surface area contributed by atoms with Gasteiger partial charge in [-0.05, 0) is 45.3 Å². The lowest BCUT2D eigenvalue weighted by molar-refractivity contribution is 0.00578. The van der Waals surface area contributed by atoms with E-state index in [1.165, 1.54) is 19.2 Å². The van der Waals surface area contributed by atoms with Gasteiger partial charge in [0.2, 0.25) is 0 Å². The first-order chi connectivity index (χ1) is 9.55. The van der Waals surface area contributed by atoms with Crippen LogP contribution in [0.2, 0.25) is 0 Å². The molecule has 0 spiro atoms. The molecule has 1 aliphatic rings. The molecule has 0 saturated carbocycles. The van der Waals surface area contributed by atoms with Gasteiger partial charge in [-0.15, -0.1) is 0 Å². The summed E-state index contributed by atoms with van der Waals surface area (Å²) >= 11 is 0. The summed E-state index contributed by atoms with van der Waals surface area (Å²) in [6.45, 7) is 7.65. The maximum absolute atomic E-state index is 14.1. The molecule has 1 aromatic carbocycles. The highest BCUT2D eigenvalue weighted by atomic mass is 19.1. The van der Waals surface area contributed by atoms with Crippen LogP contribution in [0.5, 0.6) is 0 Å². The highest BCUT2D eigenvalue weighted by Crippen LogP contribution is 2.36. The van der Waals surface area contributed by atoms with E-state index in [1.54, 1.807) is 6.07 Å². The van der Waals surface area contributed by atoms with Gasteiger partial charge in [-0.2, -0.15) is 0 Å². The highest BCUT2D eigenvalue weighted by molar-refractivity contribution is 6.62. The Morgan fingerprint density at radius 3 is 2.19 bits per heavy atom. The number of carboxylic acid groups (broad SMARTS) is 1. The van der Waals surface area contributed by atoms with E-state index in [4.69, 9.17) is 14.4 Å². The number of anilines is 1. The van der Waals surface area contributed by atoms with Crippen molar-refractivity contribution in [3.8, 4) is 0 Å². The molecular formula is C14H19BFNO4. The van der Waals surface area contributed by atoms with Gasteiger partial charge >= 0.3 is 13.2 Å². The minimum Gasteiger partial charge on any atom is -0.465 e. The standard InChI is InChI=1S/C14H19BFNO4/c1-13(2)14(3,4)21-15(20-13)9-6-7-11(10(16)8-9)17(5)12(18)19/h6-8H,1-5H3,(H,18,19). The number of carbonyl (C=O) groups is 1. The van der Waals surface area contributed by atoms with Crippen molar-refractivity contribution in [3.63, 3.8) is 0 Å². The van der Waals surface area contributed by atoms with Crippen LogP contribution in [0.1, 0.15) is 27.7 Å². The van der Waals surface area contributed by atoms with Crippen molar-refractivity contribution < 1.29 is 23.6 Å². The van der Waals surface area contributed by atoms with Crippen LogP contribution in [0.3, 0.4) is 0 Å². The van der Waals surface area contributed by atoms with Crippen molar-refractivity contribution in [3.05, 3.63) is 24.0 Å². The van der Waals surface area contributed by atoms with Crippen molar-refractivity contribution in [2.24, 2.45) is 0 Å². The monoisotopic (exact) mass is 295 g/mol. The Kier molecular flexibility index (Phi) is 3.76. The average Bonchev–Trinajstić information content (AvgIpc) is 2.57. The van der Waals surface area contributed by atoms with Gasteiger partial charge in [0.25, 0.3) is 0 Å². The number of halogens is 1. The topological polar surface area (TPSA) is 59.0 Å². The molecule has 2 rings (SSSR count). The normalized spacial score (nSPS) is 19.6. The van der Waals surface area contributed by atoms with Crippen LogP contribution < -0.4 is 10.4 Å². The van der Waals surface area contributed by atoms with Crippen molar-refractivity contribution in [1.82, 2.24) is 0 Å². The molecule has 1 aliphatic heterocycles. The molecule has 0 bridgehead atoms. The molecule has 5 nitrogen and oxygen atoms in total. The molecule has 0 atom stereocenters. The Morgan fingerprint density at radius 1 is 1.24 bits per heavy atom. The molecule has 1 saturated heterocycles. The fourth-order valence-electron chi connectivity index (χ4n) is 2.02. The van der Waals surface area contributed by atoms with Crippen LogP contribution in [0, 0.1) is 5.82 Å². The molecule has 1 aromatic rings. The van der Waals surface area contributed by atoms with Crippen molar-refractivity contribution in [2.75, 3.05) is 11.9 Å². The maximum Gasteiger partial charge on any atom is 0.494 e. The van der Waals surface area contributed by atoms with Gasteiger partial charge in [0.05, 0.1) is 16.9 Å². The lowest BCUT2D eigenvalue weighted by Gasteiger charge is -2.32. The lowest BCUT2D eigenvalue weighted by atomic mass is 9.79. The molecule has 1 heterocycles. The summed E-state index contributed by atoms with van der Waals surface area (Å²) in [6, 6.07) is 4.26. The van der Waals surface area contributed by atoms with Gasteiger partial charge in [-0.25, -0.2) is 9.18 Å². The van der Waals surface area contributed by atoms with E-state index in [9.17, 15) is 9.18 Å². The third-order valence-corrected chi connectivity index (χ3v) is 4.15. The molecule has 1 fully saturated rings. The first-order valence-corrected chi connectivity index (χ1v) is 6.67. The van der Waals surface area contributed by atoms with Gasteiger partial charge < -0.3 is 14.4 Å². The summed E-state index contributed by atoms with van der Waals surface area (Å²) in [5.74, 6) is -0.632. The van der Waals surface area contributed by atoms with Gasteiger partial charge in [-0.1, -0.05) is 6.07 Å². The van der Waals surface area contributed by atoms with E-state index in [0.29, 0.717) is 5.46 Å². The second-order valence-corrected chi connectivity index (χ2v) is 6.14. The predicted octanol–water partition coefficient (Wildman–Crippen LogP) is 2.24. The molecule has 0 aromatic heterocycles. The van der Waals surface area contributed by atoms with Gasteiger partial charge in [0, 0.05) is 7.05 Å². The Hall–Kier alpha value is -1.60. The molecule has 0 radical (unpaired) electrons. The molecule has 1 N–H and O–H groups in total. The molecule has 0 unspecified atom stereocenters. The molecule has 1 amide bonds. The number of amides is 1. The lowest BCUT2D eigenvalue weighted by Crippen LogP contribution is -2.41. The Morgan fingerprint density at radius 2 is 1.76 bits per heavy atom. The number of benzene rings is 1. The first-order valence-electron chi connectivity index (χ1n) is 6.67. The Bertz CT molecular complexity index is 560.